The molecule has 3 N–H and O–H groups in total. The van der Waals surface area contributed by atoms with Crippen molar-refractivity contribution >= 4 is 5.69 Å². The van der Waals surface area contributed by atoms with Gasteiger partial charge in [-0.2, -0.15) is 0 Å². The standard InChI is InChI=1S/C16H20N2O/c1-12-4-3-5-13(8-12)10-18(2)11-14-9-15(17)6-7-16(14)19/h3-9,19H,10-11,17H2,1-2H3. The van der Waals surface area contributed by atoms with Crippen LogP contribution in [0, 0.1) is 6.92 Å². The maximum Gasteiger partial charge on any atom is 0.120 e. The molecule has 0 spiro atoms. The zero-order valence-electron chi connectivity index (χ0n) is 11.4. The summed E-state index contributed by atoms with van der Waals surface area (Å²) in [6, 6.07) is 13.6. The Hall–Kier alpha value is -2.00. The molecule has 0 aliphatic rings. The number of hydrogen-bond acceptors (Lipinski definition) is 3. The molecule has 0 atom stereocenters. The van der Waals surface area contributed by atoms with E-state index in [1.807, 2.05) is 13.1 Å². The van der Waals surface area contributed by atoms with Crippen molar-refractivity contribution in [2.75, 3.05) is 12.8 Å². The molecule has 2 aromatic carbocycles. The lowest BCUT2D eigenvalue weighted by molar-refractivity contribution is 0.312. The van der Waals surface area contributed by atoms with Crippen LogP contribution in [-0.4, -0.2) is 17.1 Å². The van der Waals surface area contributed by atoms with E-state index < -0.39 is 0 Å². The van der Waals surface area contributed by atoms with Gasteiger partial charge < -0.3 is 10.8 Å². The van der Waals surface area contributed by atoms with Crippen LogP contribution in [0.3, 0.4) is 0 Å². The van der Waals surface area contributed by atoms with E-state index in [9.17, 15) is 5.11 Å². The Balaban J connectivity index is 2.05. The molecular formula is C16H20N2O. The first-order valence-corrected chi connectivity index (χ1v) is 6.36. The van der Waals surface area contributed by atoms with Gasteiger partial charge in [-0.05, 0) is 37.7 Å². The second-order valence-electron chi connectivity index (χ2n) is 5.05. The van der Waals surface area contributed by atoms with Crippen LogP contribution in [0.4, 0.5) is 5.69 Å². The van der Waals surface area contributed by atoms with Crippen LogP contribution in [0.2, 0.25) is 0 Å². The van der Waals surface area contributed by atoms with E-state index in [-0.39, 0.29) is 0 Å². The van der Waals surface area contributed by atoms with E-state index >= 15 is 0 Å². The van der Waals surface area contributed by atoms with Crippen molar-refractivity contribution in [3.63, 3.8) is 0 Å². The largest absolute Gasteiger partial charge is 0.508 e. The average molecular weight is 256 g/mol. The molecule has 19 heavy (non-hydrogen) atoms. The lowest BCUT2D eigenvalue weighted by Crippen LogP contribution is -2.17. The molecule has 0 aliphatic carbocycles. The maximum absolute atomic E-state index is 9.81. The van der Waals surface area contributed by atoms with E-state index in [2.05, 4.69) is 36.1 Å². The molecule has 0 heterocycles. The Morgan fingerprint density at radius 3 is 2.63 bits per heavy atom. The molecule has 0 fully saturated rings. The van der Waals surface area contributed by atoms with Gasteiger partial charge >= 0.3 is 0 Å². The van der Waals surface area contributed by atoms with E-state index in [1.165, 1.54) is 11.1 Å². The average Bonchev–Trinajstić information content (AvgIpc) is 2.34. The molecule has 0 amide bonds. The van der Waals surface area contributed by atoms with Gasteiger partial charge in [0.2, 0.25) is 0 Å². The van der Waals surface area contributed by atoms with Gasteiger partial charge in [-0.1, -0.05) is 29.8 Å². The van der Waals surface area contributed by atoms with Crippen LogP contribution in [0.5, 0.6) is 5.75 Å². The van der Waals surface area contributed by atoms with Crippen molar-refractivity contribution in [2.45, 2.75) is 20.0 Å². The smallest absolute Gasteiger partial charge is 0.120 e. The number of hydrogen-bond donors (Lipinski definition) is 2. The van der Waals surface area contributed by atoms with E-state index in [0.717, 1.165) is 12.1 Å². The van der Waals surface area contributed by atoms with Crippen LogP contribution in [0.15, 0.2) is 42.5 Å². The van der Waals surface area contributed by atoms with Crippen molar-refractivity contribution in [1.82, 2.24) is 4.90 Å². The summed E-state index contributed by atoms with van der Waals surface area (Å²) in [5.74, 6) is 0.297. The van der Waals surface area contributed by atoms with Crippen molar-refractivity contribution in [3.05, 3.63) is 59.2 Å². The summed E-state index contributed by atoms with van der Waals surface area (Å²) in [4.78, 5) is 2.16. The third kappa shape index (κ3) is 3.73. The predicted molar refractivity (Wildman–Crippen MR) is 78.9 cm³/mol. The summed E-state index contributed by atoms with van der Waals surface area (Å²) in [6.07, 6.45) is 0. The summed E-state index contributed by atoms with van der Waals surface area (Å²) in [5, 5.41) is 9.81. The van der Waals surface area contributed by atoms with E-state index in [0.29, 0.717) is 18.0 Å². The third-order valence-corrected chi connectivity index (χ3v) is 3.08. The van der Waals surface area contributed by atoms with Crippen molar-refractivity contribution in [1.29, 1.82) is 0 Å². The molecule has 0 bridgehead atoms. The molecule has 0 unspecified atom stereocenters. The number of anilines is 1. The molecule has 0 saturated carbocycles. The molecule has 2 rings (SSSR count). The first-order valence-electron chi connectivity index (χ1n) is 6.36. The highest BCUT2D eigenvalue weighted by Crippen LogP contribution is 2.21. The van der Waals surface area contributed by atoms with E-state index in [1.54, 1.807) is 12.1 Å². The van der Waals surface area contributed by atoms with Gasteiger partial charge in [-0.3, -0.25) is 4.90 Å². The second kappa shape index (κ2) is 5.76. The number of nitrogens with two attached hydrogens (primary N) is 1. The summed E-state index contributed by atoms with van der Waals surface area (Å²) in [6.45, 7) is 3.61. The molecule has 0 aliphatic heterocycles. The van der Waals surface area contributed by atoms with E-state index in [4.69, 9.17) is 5.73 Å². The van der Waals surface area contributed by atoms with Gasteiger partial charge in [-0.15, -0.1) is 0 Å². The fourth-order valence-corrected chi connectivity index (χ4v) is 2.20. The van der Waals surface area contributed by atoms with Gasteiger partial charge in [-0.25, -0.2) is 0 Å². The number of benzene rings is 2. The number of nitrogen functional groups attached to an aromatic ring is 1. The summed E-state index contributed by atoms with van der Waals surface area (Å²) >= 11 is 0. The highest BCUT2D eigenvalue weighted by molar-refractivity contribution is 5.47. The molecule has 3 nitrogen and oxygen atoms in total. The molecule has 0 radical (unpaired) electrons. The first-order chi connectivity index (χ1) is 9.04. The Kier molecular flexibility index (Phi) is 4.07. The Morgan fingerprint density at radius 2 is 1.89 bits per heavy atom. The number of phenols is 1. The molecule has 100 valence electrons. The lowest BCUT2D eigenvalue weighted by Gasteiger charge is -2.18. The predicted octanol–water partition coefficient (Wildman–Crippen LogP) is 2.91. The van der Waals surface area contributed by atoms with Gasteiger partial charge in [0.1, 0.15) is 5.75 Å². The van der Waals surface area contributed by atoms with Crippen molar-refractivity contribution in [3.8, 4) is 5.75 Å². The Labute approximate surface area is 114 Å². The molecule has 2 aromatic rings. The monoisotopic (exact) mass is 256 g/mol. The summed E-state index contributed by atoms with van der Waals surface area (Å²) in [7, 11) is 2.03. The van der Waals surface area contributed by atoms with Crippen molar-refractivity contribution in [2.24, 2.45) is 0 Å². The zero-order chi connectivity index (χ0) is 13.8. The minimum atomic E-state index is 0.297. The van der Waals surface area contributed by atoms with Crippen LogP contribution in [0.1, 0.15) is 16.7 Å². The number of rotatable bonds is 4. The topological polar surface area (TPSA) is 49.5 Å². The Bertz CT molecular complexity index is 566. The van der Waals surface area contributed by atoms with Crippen LogP contribution >= 0.6 is 0 Å². The second-order valence-corrected chi connectivity index (χ2v) is 5.05. The van der Waals surface area contributed by atoms with Crippen molar-refractivity contribution < 1.29 is 5.11 Å². The summed E-state index contributed by atoms with van der Waals surface area (Å²) in [5.41, 5.74) is 9.81. The summed E-state index contributed by atoms with van der Waals surface area (Å²) < 4.78 is 0. The SMILES string of the molecule is Cc1cccc(CN(C)Cc2cc(N)ccc2O)c1. The van der Waals surface area contributed by atoms with Gasteiger partial charge in [0, 0.05) is 24.3 Å². The quantitative estimate of drug-likeness (QED) is 0.653. The number of nitrogens with zero attached hydrogens (tertiary/aromatic N) is 1. The number of aromatic hydroxyl groups is 1. The normalized spacial score (nSPS) is 10.9. The molecule has 0 aromatic heterocycles. The molecule has 0 saturated heterocycles. The first kappa shape index (κ1) is 13.4. The molecular weight excluding hydrogens is 236 g/mol. The van der Waals surface area contributed by atoms with Gasteiger partial charge in [0.15, 0.2) is 0 Å². The number of aryl methyl sites for hydroxylation is 1. The highest BCUT2D eigenvalue weighted by Gasteiger charge is 2.06. The highest BCUT2D eigenvalue weighted by atomic mass is 16.3. The Morgan fingerprint density at radius 1 is 1.11 bits per heavy atom. The lowest BCUT2D eigenvalue weighted by atomic mass is 10.1. The van der Waals surface area contributed by atoms with Gasteiger partial charge in [0.05, 0.1) is 0 Å². The van der Waals surface area contributed by atoms with Crippen LogP contribution in [0.25, 0.3) is 0 Å². The fraction of sp³-hybridized carbons (Fsp3) is 0.250. The molecule has 3 heteroatoms. The zero-order valence-corrected chi connectivity index (χ0v) is 11.4. The maximum atomic E-state index is 9.81. The van der Waals surface area contributed by atoms with Gasteiger partial charge in [0.25, 0.3) is 0 Å². The minimum Gasteiger partial charge on any atom is -0.508 e. The fourth-order valence-electron chi connectivity index (χ4n) is 2.20. The third-order valence-electron chi connectivity index (χ3n) is 3.08. The minimum absolute atomic E-state index is 0.297. The van der Waals surface area contributed by atoms with Crippen LogP contribution < -0.4 is 5.73 Å². The number of phenolic OH excluding ortho intramolecular Hbond substituents is 1. The van der Waals surface area contributed by atoms with Crippen LogP contribution in [-0.2, 0) is 13.1 Å².